The molecule has 12 heavy (non-hydrogen) atoms. The van der Waals surface area contributed by atoms with Crippen LogP contribution in [-0.2, 0) is 13.1 Å². The maximum atomic E-state index is 13.1. The summed E-state index contributed by atoms with van der Waals surface area (Å²) in [6.07, 6.45) is 0. The van der Waals surface area contributed by atoms with Gasteiger partial charge in [-0.25, -0.2) is 4.68 Å². The van der Waals surface area contributed by atoms with E-state index in [0.29, 0.717) is 17.8 Å². The fourth-order valence-corrected chi connectivity index (χ4v) is 1.03. The van der Waals surface area contributed by atoms with Gasteiger partial charge in [-0.2, -0.15) is 9.49 Å². The first-order chi connectivity index (χ1) is 5.20. The highest BCUT2D eigenvalue weighted by molar-refractivity contribution is 5.85. The standard InChI is InChI=1S/C7H12FN3.ClH/c1-3-11-7(8)6(4-9)5(2)10-11;/h3-4,9H2,1-2H3;1H. The maximum Gasteiger partial charge on any atom is 0.216 e. The van der Waals surface area contributed by atoms with Crippen LogP contribution in [0.4, 0.5) is 4.39 Å². The monoisotopic (exact) mass is 193 g/mol. The topological polar surface area (TPSA) is 43.8 Å². The van der Waals surface area contributed by atoms with Crippen LogP contribution in [0.15, 0.2) is 0 Å². The normalized spacial score (nSPS) is 9.67. The third-order valence-corrected chi connectivity index (χ3v) is 1.69. The van der Waals surface area contributed by atoms with Crippen molar-refractivity contribution in [2.45, 2.75) is 26.9 Å². The molecule has 2 N–H and O–H groups in total. The minimum Gasteiger partial charge on any atom is -0.326 e. The second-order valence-electron chi connectivity index (χ2n) is 2.37. The Bertz CT molecular complexity index is 259. The zero-order valence-electron chi connectivity index (χ0n) is 7.17. The van der Waals surface area contributed by atoms with E-state index in [0.717, 1.165) is 0 Å². The summed E-state index contributed by atoms with van der Waals surface area (Å²) in [5, 5.41) is 3.96. The zero-order valence-corrected chi connectivity index (χ0v) is 7.99. The SMILES string of the molecule is CCn1nc(C)c(CN)c1F.Cl. The zero-order chi connectivity index (χ0) is 8.43. The van der Waals surface area contributed by atoms with E-state index in [1.54, 1.807) is 6.92 Å². The first-order valence-corrected chi connectivity index (χ1v) is 3.62. The molecule has 1 aromatic rings. The van der Waals surface area contributed by atoms with Gasteiger partial charge >= 0.3 is 0 Å². The predicted molar refractivity (Wildman–Crippen MR) is 47.7 cm³/mol. The van der Waals surface area contributed by atoms with E-state index < -0.39 is 0 Å². The number of nitrogens with zero attached hydrogens (tertiary/aromatic N) is 2. The van der Waals surface area contributed by atoms with Crippen molar-refractivity contribution >= 4 is 12.4 Å². The van der Waals surface area contributed by atoms with Crippen molar-refractivity contribution in [1.29, 1.82) is 0 Å². The maximum absolute atomic E-state index is 13.1. The molecule has 0 atom stereocenters. The second kappa shape index (κ2) is 4.42. The molecule has 5 heteroatoms. The fourth-order valence-electron chi connectivity index (χ4n) is 1.03. The van der Waals surface area contributed by atoms with Crippen molar-refractivity contribution < 1.29 is 4.39 Å². The average Bonchev–Trinajstić information content (AvgIpc) is 2.26. The lowest BCUT2D eigenvalue weighted by Gasteiger charge is -1.94. The Morgan fingerprint density at radius 1 is 1.58 bits per heavy atom. The van der Waals surface area contributed by atoms with Crippen molar-refractivity contribution in [2.24, 2.45) is 5.73 Å². The lowest BCUT2D eigenvalue weighted by atomic mass is 10.3. The lowest BCUT2D eigenvalue weighted by molar-refractivity contribution is 0.464. The van der Waals surface area contributed by atoms with Crippen LogP contribution in [0.5, 0.6) is 0 Å². The first-order valence-electron chi connectivity index (χ1n) is 3.62. The van der Waals surface area contributed by atoms with Crippen LogP contribution in [0.2, 0.25) is 0 Å². The minimum absolute atomic E-state index is 0. The summed E-state index contributed by atoms with van der Waals surface area (Å²) in [6, 6.07) is 0. The number of hydrogen-bond acceptors (Lipinski definition) is 2. The van der Waals surface area contributed by atoms with Gasteiger partial charge in [-0.1, -0.05) is 0 Å². The molecular formula is C7H13ClFN3. The molecule has 1 aromatic heterocycles. The summed E-state index contributed by atoms with van der Waals surface area (Å²) in [6.45, 7) is 4.37. The van der Waals surface area contributed by atoms with E-state index in [9.17, 15) is 4.39 Å². The number of aryl methyl sites for hydroxylation is 2. The quantitative estimate of drug-likeness (QED) is 0.768. The van der Waals surface area contributed by atoms with E-state index in [1.807, 2.05) is 6.92 Å². The second-order valence-corrected chi connectivity index (χ2v) is 2.37. The highest BCUT2D eigenvalue weighted by Gasteiger charge is 2.11. The molecule has 0 saturated carbocycles. The molecule has 0 amide bonds. The Kier molecular flexibility index (Phi) is 4.20. The molecule has 70 valence electrons. The molecule has 0 fully saturated rings. The Morgan fingerprint density at radius 3 is 2.42 bits per heavy atom. The van der Waals surface area contributed by atoms with Crippen molar-refractivity contribution in [3.05, 3.63) is 17.2 Å². The van der Waals surface area contributed by atoms with Crippen molar-refractivity contribution in [2.75, 3.05) is 0 Å². The summed E-state index contributed by atoms with van der Waals surface area (Å²) in [5.74, 6) is -0.299. The highest BCUT2D eigenvalue weighted by Crippen LogP contribution is 2.10. The summed E-state index contributed by atoms with van der Waals surface area (Å²) in [5.41, 5.74) is 6.53. The third-order valence-electron chi connectivity index (χ3n) is 1.69. The van der Waals surface area contributed by atoms with Gasteiger partial charge in [0.1, 0.15) is 0 Å². The molecule has 0 radical (unpaired) electrons. The van der Waals surface area contributed by atoms with Gasteiger partial charge in [0, 0.05) is 18.7 Å². The molecule has 1 heterocycles. The van der Waals surface area contributed by atoms with Crippen LogP contribution < -0.4 is 5.73 Å². The van der Waals surface area contributed by atoms with Gasteiger partial charge in [0.25, 0.3) is 0 Å². The molecule has 0 saturated heterocycles. The van der Waals surface area contributed by atoms with E-state index in [2.05, 4.69) is 5.10 Å². The van der Waals surface area contributed by atoms with Gasteiger partial charge < -0.3 is 5.73 Å². The minimum atomic E-state index is -0.299. The first kappa shape index (κ1) is 11.4. The number of rotatable bonds is 2. The van der Waals surface area contributed by atoms with Gasteiger partial charge in [-0.15, -0.1) is 12.4 Å². The van der Waals surface area contributed by atoms with Crippen LogP contribution in [0, 0.1) is 12.9 Å². The van der Waals surface area contributed by atoms with Crippen molar-refractivity contribution in [1.82, 2.24) is 9.78 Å². The smallest absolute Gasteiger partial charge is 0.216 e. The van der Waals surface area contributed by atoms with Gasteiger partial charge in [-0.3, -0.25) is 0 Å². The van der Waals surface area contributed by atoms with Crippen LogP contribution in [0.3, 0.4) is 0 Å². The largest absolute Gasteiger partial charge is 0.326 e. The van der Waals surface area contributed by atoms with Gasteiger partial charge in [0.05, 0.1) is 5.69 Å². The van der Waals surface area contributed by atoms with Crippen LogP contribution in [0.1, 0.15) is 18.2 Å². The summed E-state index contributed by atoms with van der Waals surface area (Å²) < 4.78 is 14.4. The Hall–Kier alpha value is -0.610. The Balaban J connectivity index is 0.00000121. The molecule has 0 aliphatic rings. The molecular weight excluding hydrogens is 181 g/mol. The number of aromatic nitrogens is 2. The van der Waals surface area contributed by atoms with Crippen molar-refractivity contribution in [3.8, 4) is 0 Å². The molecule has 0 aliphatic heterocycles. The number of hydrogen-bond donors (Lipinski definition) is 1. The summed E-state index contributed by atoms with van der Waals surface area (Å²) >= 11 is 0. The molecule has 3 nitrogen and oxygen atoms in total. The summed E-state index contributed by atoms with van der Waals surface area (Å²) in [7, 11) is 0. The van der Waals surface area contributed by atoms with E-state index in [-0.39, 0.29) is 24.9 Å². The van der Waals surface area contributed by atoms with Crippen LogP contribution >= 0.6 is 12.4 Å². The van der Waals surface area contributed by atoms with Gasteiger partial charge in [-0.05, 0) is 13.8 Å². The van der Waals surface area contributed by atoms with E-state index in [4.69, 9.17) is 5.73 Å². The number of halogens is 2. The van der Waals surface area contributed by atoms with E-state index >= 15 is 0 Å². The molecule has 0 aromatic carbocycles. The third kappa shape index (κ3) is 1.76. The summed E-state index contributed by atoms with van der Waals surface area (Å²) in [4.78, 5) is 0. The van der Waals surface area contributed by atoms with Crippen molar-refractivity contribution in [3.63, 3.8) is 0 Å². The fraction of sp³-hybridized carbons (Fsp3) is 0.571. The predicted octanol–water partition coefficient (Wildman–Crippen LogP) is 1.23. The average molecular weight is 194 g/mol. The molecule has 1 rings (SSSR count). The van der Waals surface area contributed by atoms with Crippen LogP contribution in [0.25, 0.3) is 0 Å². The highest BCUT2D eigenvalue weighted by atomic mass is 35.5. The van der Waals surface area contributed by atoms with Gasteiger partial charge in [0.2, 0.25) is 5.95 Å². The molecule has 0 spiro atoms. The molecule has 0 aliphatic carbocycles. The Morgan fingerprint density at radius 2 is 2.17 bits per heavy atom. The van der Waals surface area contributed by atoms with Gasteiger partial charge in [0.15, 0.2) is 0 Å². The number of nitrogens with two attached hydrogens (primary N) is 1. The molecule has 0 bridgehead atoms. The molecule has 0 unspecified atom stereocenters. The van der Waals surface area contributed by atoms with E-state index in [1.165, 1.54) is 4.68 Å². The Labute approximate surface area is 77.2 Å². The van der Waals surface area contributed by atoms with Crippen LogP contribution in [-0.4, -0.2) is 9.78 Å². The lowest BCUT2D eigenvalue weighted by Crippen LogP contribution is -2.03.